The van der Waals surface area contributed by atoms with Gasteiger partial charge in [0.1, 0.15) is 11.3 Å². The minimum atomic E-state index is 0.220. The molecule has 4 aromatic heterocycles. The third kappa shape index (κ3) is 3.99. The van der Waals surface area contributed by atoms with Gasteiger partial charge in [0, 0.05) is 47.1 Å². The van der Waals surface area contributed by atoms with Gasteiger partial charge in [-0.05, 0) is 24.6 Å². The first-order valence-corrected chi connectivity index (χ1v) is 13.3. The van der Waals surface area contributed by atoms with Crippen LogP contribution >= 0.6 is 11.3 Å². The van der Waals surface area contributed by atoms with Crippen LogP contribution in [0, 0.1) is 0 Å². The number of carbonyl (C=O) groups is 1. The van der Waals surface area contributed by atoms with Gasteiger partial charge in [0.25, 0.3) is 0 Å². The monoisotopic (exact) mass is 508 g/mol. The maximum absolute atomic E-state index is 12.1. The Labute approximate surface area is 216 Å². The minimum absolute atomic E-state index is 0.220. The number of anilines is 1. The van der Waals surface area contributed by atoms with E-state index >= 15 is 0 Å². The van der Waals surface area contributed by atoms with Crippen molar-refractivity contribution < 1.29 is 4.79 Å². The quantitative estimate of drug-likeness (QED) is 0.320. The van der Waals surface area contributed by atoms with Crippen LogP contribution in [0.3, 0.4) is 0 Å². The Morgan fingerprint density at radius 3 is 2.81 bits per heavy atom. The summed E-state index contributed by atoms with van der Waals surface area (Å²) in [5, 5.41) is 6.69. The van der Waals surface area contributed by atoms with E-state index in [2.05, 4.69) is 37.8 Å². The molecule has 1 aliphatic rings. The first-order chi connectivity index (χ1) is 18.2. The fraction of sp³-hybridized carbons (Fsp3) is 0.222. The Bertz CT molecular complexity index is 1730. The molecule has 0 radical (unpaired) electrons. The van der Waals surface area contributed by atoms with Gasteiger partial charge >= 0.3 is 0 Å². The van der Waals surface area contributed by atoms with Crippen LogP contribution in [0.25, 0.3) is 43.7 Å². The SMILES string of the molecule is O=C1CCCN1CCn1cnc2c(NCc3nc4ccccc4[nH]3)nc(-c3csc4ccccc34)nc21. The molecule has 5 heterocycles. The van der Waals surface area contributed by atoms with Crippen LogP contribution in [0.1, 0.15) is 18.7 Å². The molecular weight excluding hydrogens is 484 g/mol. The summed E-state index contributed by atoms with van der Waals surface area (Å²) in [5.74, 6) is 2.35. The summed E-state index contributed by atoms with van der Waals surface area (Å²) in [6.07, 6.45) is 3.36. The Hall–Kier alpha value is -4.31. The molecule has 6 aromatic rings. The number of imidazole rings is 2. The Morgan fingerprint density at radius 1 is 1.03 bits per heavy atom. The van der Waals surface area contributed by atoms with E-state index in [-0.39, 0.29) is 5.91 Å². The van der Waals surface area contributed by atoms with Gasteiger partial charge in [-0.1, -0.05) is 30.3 Å². The molecule has 0 aliphatic carbocycles. The second kappa shape index (κ2) is 8.97. The molecule has 0 saturated carbocycles. The van der Waals surface area contributed by atoms with Crippen molar-refractivity contribution >= 4 is 55.3 Å². The number of carbonyl (C=O) groups excluding carboxylic acids is 1. The number of nitrogens with one attached hydrogen (secondary N) is 2. The van der Waals surface area contributed by atoms with Crippen LogP contribution in [0.4, 0.5) is 5.82 Å². The molecule has 0 spiro atoms. The normalized spacial score (nSPS) is 13.9. The summed E-state index contributed by atoms with van der Waals surface area (Å²) in [4.78, 5) is 36.7. The van der Waals surface area contributed by atoms with Crippen molar-refractivity contribution in [2.45, 2.75) is 25.9 Å². The highest BCUT2D eigenvalue weighted by Gasteiger charge is 2.21. The molecule has 1 fully saturated rings. The number of H-pyrrole nitrogens is 1. The van der Waals surface area contributed by atoms with Crippen molar-refractivity contribution in [1.29, 1.82) is 0 Å². The second-order valence-corrected chi connectivity index (χ2v) is 10.1. The Morgan fingerprint density at radius 2 is 1.92 bits per heavy atom. The van der Waals surface area contributed by atoms with Crippen LogP contribution in [0.2, 0.25) is 0 Å². The number of thiophene rings is 1. The first-order valence-electron chi connectivity index (χ1n) is 12.4. The van der Waals surface area contributed by atoms with Gasteiger partial charge in [0.05, 0.1) is 23.9 Å². The van der Waals surface area contributed by atoms with Crippen molar-refractivity contribution in [3.05, 3.63) is 66.1 Å². The average molecular weight is 509 g/mol. The Kier molecular flexibility index (Phi) is 5.32. The van der Waals surface area contributed by atoms with Crippen LogP contribution in [0.5, 0.6) is 0 Å². The van der Waals surface area contributed by atoms with Crippen LogP contribution in [0.15, 0.2) is 60.2 Å². The summed E-state index contributed by atoms with van der Waals surface area (Å²) in [6.45, 7) is 2.56. The highest BCUT2D eigenvalue weighted by molar-refractivity contribution is 7.17. The summed E-state index contributed by atoms with van der Waals surface area (Å²) in [6, 6.07) is 16.3. The number of hydrogen-bond acceptors (Lipinski definition) is 7. The summed E-state index contributed by atoms with van der Waals surface area (Å²) >= 11 is 1.68. The number of nitrogens with zero attached hydrogens (tertiary/aromatic N) is 6. The molecule has 0 bridgehead atoms. The maximum Gasteiger partial charge on any atom is 0.222 e. The van der Waals surface area contributed by atoms with Gasteiger partial charge in [0.2, 0.25) is 5.91 Å². The molecule has 10 heteroatoms. The number of likely N-dealkylation sites (tertiary alicyclic amines) is 1. The number of benzene rings is 2. The molecule has 0 unspecified atom stereocenters. The third-order valence-corrected chi connectivity index (χ3v) is 7.79. The van der Waals surface area contributed by atoms with Gasteiger partial charge in [-0.25, -0.2) is 19.9 Å². The lowest BCUT2D eigenvalue weighted by molar-refractivity contribution is -0.127. The average Bonchev–Trinajstić information content (AvgIpc) is 3.71. The van der Waals surface area contributed by atoms with E-state index in [0.717, 1.165) is 46.4 Å². The van der Waals surface area contributed by atoms with E-state index < -0.39 is 0 Å². The van der Waals surface area contributed by atoms with Crippen LogP contribution in [-0.4, -0.2) is 53.4 Å². The van der Waals surface area contributed by atoms with E-state index in [0.29, 0.717) is 43.2 Å². The predicted octanol–water partition coefficient (Wildman–Crippen LogP) is 4.82. The third-order valence-electron chi connectivity index (χ3n) is 6.83. The first kappa shape index (κ1) is 21.9. The number of para-hydroxylation sites is 2. The highest BCUT2D eigenvalue weighted by atomic mass is 32.1. The molecule has 1 amide bonds. The minimum Gasteiger partial charge on any atom is -0.361 e. The number of hydrogen-bond donors (Lipinski definition) is 2. The van der Waals surface area contributed by atoms with Crippen LogP contribution in [-0.2, 0) is 17.9 Å². The zero-order valence-electron chi connectivity index (χ0n) is 20.0. The number of rotatable bonds is 7. The molecule has 1 aliphatic heterocycles. The molecule has 37 heavy (non-hydrogen) atoms. The van der Waals surface area contributed by atoms with E-state index in [1.165, 1.54) is 4.70 Å². The predicted molar refractivity (Wildman–Crippen MR) is 145 cm³/mol. The van der Waals surface area contributed by atoms with Crippen molar-refractivity contribution in [2.24, 2.45) is 0 Å². The van der Waals surface area contributed by atoms with Gasteiger partial charge in [-0.2, -0.15) is 0 Å². The summed E-state index contributed by atoms with van der Waals surface area (Å²) in [5.41, 5.74) is 4.37. The number of amides is 1. The van der Waals surface area contributed by atoms with Crippen LogP contribution < -0.4 is 5.32 Å². The molecule has 2 N–H and O–H groups in total. The Balaban J connectivity index is 1.27. The molecular formula is C27H24N8OS. The lowest BCUT2D eigenvalue weighted by atomic mass is 10.1. The molecule has 9 nitrogen and oxygen atoms in total. The summed E-state index contributed by atoms with van der Waals surface area (Å²) < 4.78 is 3.21. The molecule has 7 rings (SSSR count). The lowest BCUT2D eigenvalue weighted by Crippen LogP contribution is -2.28. The lowest BCUT2D eigenvalue weighted by Gasteiger charge is -2.16. The highest BCUT2D eigenvalue weighted by Crippen LogP contribution is 2.34. The van der Waals surface area contributed by atoms with E-state index in [4.69, 9.17) is 9.97 Å². The zero-order valence-corrected chi connectivity index (χ0v) is 20.8. The number of aromatic amines is 1. The maximum atomic E-state index is 12.1. The fourth-order valence-electron chi connectivity index (χ4n) is 4.93. The zero-order chi connectivity index (χ0) is 24.8. The molecule has 0 atom stereocenters. The largest absolute Gasteiger partial charge is 0.361 e. The summed E-state index contributed by atoms with van der Waals surface area (Å²) in [7, 11) is 0. The van der Waals surface area contributed by atoms with Crippen molar-refractivity contribution in [3.8, 4) is 11.4 Å². The molecule has 2 aromatic carbocycles. The van der Waals surface area contributed by atoms with Gasteiger partial charge in [-0.3, -0.25) is 4.79 Å². The smallest absolute Gasteiger partial charge is 0.222 e. The topological polar surface area (TPSA) is 105 Å². The molecule has 1 saturated heterocycles. The second-order valence-electron chi connectivity index (χ2n) is 9.19. The van der Waals surface area contributed by atoms with E-state index in [1.807, 2.05) is 45.9 Å². The number of fused-ring (bicyclic) bond motifs is 3. The van der Waals surface area contributed by atoms with Crippen molar-refractivity contribution in [2.75, 3.05) is 18.4 Å². The number of aromatic nitrogens is 6. The van der Waals surface area contributed by atoms with E-state index in [1.54, 1.807) is 17.7 Å². The van der Waals surface area contributed by atoms with Crippen molar-refractivity contribution in [3.63, 3.8) is 0 Å². The van der Waals surface area contributed by atoms with Crippen molar-refractivity contribution in [1.82, 2.24) is 34.4 Å². The van der Waals surface area contributed by atoms with E-state index in [9.17, 15) is 4.79 Å². The van der Waals surface area contributed by atoms with Gasteiger partial charge in [0.15, 0.2) is 17.3 Å². The fourth-order valence-corrected chi connectivity index (χ4v) is 5.87. The molecule has 184 valence electrons. The standard InChI is InChI=1S/C27H24N8OS/c36-23-10-5-11-34(23)12-13-35-16-29-24-26(28-14-22-30-19-7-2-3-8-20(19)31-22)32-25(33-27(24)35)18-15-37-21-9-4-1-6-17(18)21/h1-4,6-9,15-16H,5,10-14H2,(H,30,31)(H,28,32,33). The van der Waals surface area contributed by atoms with Gasteiger partial charge < -0.3 is 19.8 Å². The van der Waals surface area contributed by atoms with Gasteiger partial charge in [-0.15, -0.1) is 11.3 Å².